The summed E-state index contributed by atoms with van der Waals surface area (Å²) >= 11 is 0. The topological polar surface area (TPSA) is 63.3 Å². The number of urea groups is 1. The van der Waals surface area contributed by atoms with E-state index in [-0.39, 0.29) is 6.03 Å². The van der Waals surface area contributed by atoms with Crippen molar-refractivity contribution < 1.29 is 9.21 Å². The summed E-state index contributed by atoms with van der Waals surface area (Å²) in [4.78, 5) is 18.9. The molecule has 0 bridgehead atoms. The Kier molecular flexibility index (Phi) is 4.28. The average Bonchev–Trinajstić information content (AvgIpc) is 3.09. The lowest BCUT2D eigenvalue weighted by molar-refractivity contribution is 0.176. The zero-order chi connectivity index (χ0) is 16.4. The molecule has 4 rings (SSSR count). The van der Waals surface area contributed by atoms with Crippen LogP contribution >= 0.6 is 0 Å². The number of hydrogen-bond donors (Lipinski definition) is 1. The highest BCUT2D eigenvalue weighted by Crippen LogP contribution is 2.33. The van der Waals surface area contributed by atoms with Crippen molar-refractivity contribution in [3.8, 4) is 0 Å². The second-order valence-corrected chi connectivity index (χ2v) is 6.90. The smallest absolute Gasteiger partial charge is 0.317 e. The van der Waals surface area contributed by atoms with Gasteiger partial charge in [0, 0.05) is 37.9 Å². The maximum Gasteiger partial charge on any atom is 0.317 e. The van der Waals surface area contributed by atoms with Gasteiger partial charge in [-0.15, -0.1) is 0 Å². The zero-order valence-electron chi connectivity index (χ0n) is 13.9. The van der Waals surface area contributed by atoms with Crippen molar-refractivity contribution in [1.82, 2.24) is 19.8 Å². The van der Waals surface area contributed by atoms with Crippen molar-refractivity contribution in [3.63, 3.8) is 0 Å². The molecule has 1 aliphatic carbocycles. The van der Waals surface area contributed by atoms with Gasteiger partial charge in [0.1, 0.15) is 11.6 Å². The van der Waals surface area contributed by atoms with Crippen molar-refractivity contribution in [2.75, 3.05) is 13.1 Å². The minimum absolute atomic E-state index is 0.0172. The Bertz CT molecular complexity index is 675. The van der Waals surface area contributed by atoms with Gasteiger partial charge >= 0.3 is 6.03 Å². The Balaban J connectivity index is 1.36. The normalized spacial score (nSPS) is 21.0. The van der Waals surface area contributed by atoms with Crippen LogP contribution in [0.5, 0.6) is 0 Å². The van der Waals surface area contributed by atoms with E-state index < -0.39 is 0 Å². The Morgan fingerprint density at radius 3 is 3.08 bits per heavy atom. The van der Waals surface area contributed by atoms with Gasteiger partial charge in [0.05, 0.1) is 12.8 Å². The first-order valence-electron chi connectivity index (χ1n) is 8.86. The molecule has 1 N–H and O–H groups in total. The number of amides is 2. The number of imidazole rings is 1. The fourth-order valence-corrected chi connectivity index (χ4v) is 3.47. The Hall–Kier alpha value is -2.24. The minimum Gasteiger partial charge on any atom is -0.467 e. The highest BCUT2D eigenvalue weighted by Gasteiger charge is 2.29. The van der Waals surface area contributed by atoms with Gasteiger partial charge in [-0.2, -0.15) is 0 Å². The molecule has 1 saturated carbocycles. The van der Waals surface area contributed by atoms with Gasteiger partial charge in [-0.25, -0.2) is 9.78 Å². The van der Waals surface area contributed by atoms with Crippen molar-refractivity contribution in [2.24, 2.45) is 5.92 Å². The van der Waals surface area contributed by atoms with Crippen LogP contribution in [-0.2, 0) is 13.1 Å². The molecule has 2 aliphatic rings. The van der Waals surface area contributed by atoms with E-state index >= 15 is 0 Å². The average molecular weight is 328 g/mol. The van der Waals surface area contributed by atoms with Crippen molar-refractivity contribution in [1.29, 1.82) is 0 Å². The first-order valence-corrected chi connectivity index (χ1v) is 8.86. The SMILES string of the molecule is O=C(NCc1ccco1)N1CCC[C@H](c2nccn2CC2CC2)C1. The maximum absolute atomic E-state index is 12.4. The van der Waals surface area contributed by atoms with Gasteiger partial charge in [0.25, 0.3) is 0 Å². The number of nitrogens with zero attached hydrogens (tertiary/aromatic N) is 3. The summed E-state index contributed by atoms with van der Waals surface area (Å²) in [6.07, 6.45) is 10.4. The predicted molar refractivity (Wildman–Crippen MR) is 89.4 cm³/mol. The minimum atomic E-state index is -0.0172. The summed E-state index contributed by atoms with van der Waals surface area (Å²) < 4.78 is 7.56. The highest BCUT2D eigenvalue weighted by atomic mass is 16.3. The fraction of sp³-hybridized carbons (Fsp3) is 0.556. The van der Waals surface area contributed by atoms with Crippen LogP contribution in [-0.4, -0.2) is 33.6 Å². The summed E-state index contributed by atoms with van der Waals surface area (Å²) in [5, 5.41) is 2.94. The van der Waals surface area contributed by atoms with Gasteiger partial charge in [0.2, 0.25) is 0 Å². The number of carbonyl (C=O) groups excluding carboxylic acids is 1. The molecule has 0 aromatic carbocycles. The van der Waals surface area contributed by atoms with Gasteiger partial charge in [0.15, 0.2) is 0 Å². The van der Waals surface area contributed by atoms with E-state index in [9.17, 15) is 4.79 Å². The molecule has 3 heterocycles. The van der Waals surface area contributed by atoms with Gasteiger partial charge in [-0.1, -0.05) is 0 Å². The maximum atomic E-state index is 12.4. The second kappa shape index (κ2) is 6.71. The van der Waals surface area contributed by atoms with Crippen LogP contribution in [0.4, 0.5) is 4.79 Å². The quantitative estimate of drug-likeness (QED) is 0.918. The van der Waals surface area contributed by atoms with Crippen molar-refractivity contribution in [2.45, 2.75) is 44.7 Å². The number of aromatic nitrogens is 2. The molecule has 2 aromatic rings. The molecule has 2 amide bonds. The van der Waals surface area contributed by atoms with Crippen LogP contribution in [0.2, 0.25) is 0 Å². The van der Waals surface area contributed by atoms with Gasteiger partial charge in [-0.3, -0.25) is 0 Å². The number of rotatable bonds is 5. The lowest BCUT2D eigenvalue weighted by Crippen LogP contribution is -2.45. The molecule has 2 aromatic heterocycles. The van der Waals surface area contributed by atoms with E-state index in [4.69, 9.17) is 4.42 Å². The lowest BCUT2D eigenvalue weighted by Gasteiger charge is -2.32. The number of hydrogen-bond acceptors (Lipinski definition) is 3. The van der Waals surface area contributed by atoms with E-state index in [1.807, 2.05) is 23.2 Å². The zero-order valence-corrected chi connectivity index (χ0v) is 13.9. The second-order valence-electron chi connectivity index (χ2n) is 6.90. The van der Waals surface area contributed by atoms with Crippen LogP contribution < -0.4 is 5.32 Å². The molecule has 1 aliphatic heterocycles. The highest BCUT2D eigenvalue weighted by molar-refractivity contribution is 5.74. The number of piperidine rings is 1. The van der Waals surface area contributed by atoms with E-state index in [0.29, 0.717) is 12.5 Å². The summed E-state index contributed by atoms with van der Waals surface area (Å²) in [5.41, 5.74) is 0. The van der Waals surface area contributed by atoms with Crippen molar-refractivity contribution >= 4 is 6.03 Å². The van der Waals surface area contributed by atoms with Crippen LogP contribution in [0.1, 0.15) is 43.2 Å². The molecule has 0 spiro atoms. The Labute approximate surface area is 141 Å². The molecular weight excluding hydrogens is 304 g/mol. The molecule has 128 valence electrons. The van der Waals surface area contributed by atoms with E-state index in [2.05, 4.69) is 21.1 Å². The summed E-state index contributed by atoms with van der Waals surface area (Å²) in [6.45, 7) is 3.06. The standard InChI is InChI=1S/C18H24N4O2/c23-18(20-11-16-4-2-10-24-16)22-8-1-3-15(13-22)17-19-7-9-21(17)12-14-5-6-14/h2,4,7,9-10,14-15H,1,3,5-6,8,11-13H2,(H,20,23)/t15-/m0/s1. The molecule has 2 fully saturated rings. The summed E-state index contributed by atoms with van der Waals surface area (Å²) in [5.74, 6) is 3.08. The van der Waals surface area contributed by atoms with Gasteiger partial charge < -0.3 is 19.2 Å². The van der Waals surface area contributed by atoms with Crippen molar-refractivity contribution in [3.05, 3.63) is 42.4 Å². The van der Waals surface area contributed by atoms with Crippen LogP contribution in [0.25, 0.3) is 0 Å². The third kappa shape index (κ3) is 3.47. The summed E-state index contributed by atoms with van der Waals surface area (Å²) in [6, 6.07) is 3.68. The molecule has 0 radical (unpaired) electrons. The molecule has 0 unspecified atom stereocenters. The molecule has 1 atom stereocenters. The summed E-state index contributed by atoms with van der Waals surface area (Å²) in [7, 11) is 0. The number of nitrogens with one attached hydrogen (secondary N) is 1. The first-order chi connectivity index (χ1) is 11.8. The third-order valence-corrected chi connectivity index (χ3v) is 4.97. The Morgan fingerprint density at radius 1 is 1.38 bits per heavy atom. The van der Waals surface area contributed by atoms with E-state index in [0.717, 1.165) is 50.0 Å². The lowest BCUT2D eigenvalue weighted by atomic mass is 9.97. The Morgan fingerprint density at radius 2 is 2.29 bits per heavy atom. The molecule has 6 heteroatoms. The first kappa shape index (κ1) is 15.3. The monoisotopic (exact) mass is 328 g/mol. The van der Waals surface area contributed by atoms with E-state index in [1.165, 1.54) is 12.8 Å². The number of furan rings is 1. The number of likely N-dealkylation sites (tertiary alicyclic amines) is 1. The van der Waals surface area contributed by atoms with E-state index in [1.54, 1.807) is 6.26 Å². The van der Waals surface area contributed by atoms with Crippen LogP contribution in [0, 0.1) is 5.92 Å². The third-order valence-electron chi connectivity index (χ3n) is 4.97. The molecule has 24 heavy (non-hydrogen) atoms. The predicted octanol–water partition coefficient (Wildman–Crippen LogP) is 2.98. The fourth-order valence-electron chi connectivity index (χ4n) is 3.47. The number of carbonyl (C=O) groups is 1. The largest absolute Gasteiger partial charge is 0.467 e. The molecule has 1 saturated heterocycles. The molecule has 6 nitrogen and oxygen atoms in total. The molecular formula is C18H24N4O2. The van der Waals surface area contributed by atoms with Crippen LogP contribution in [0.3, 0.4) is 0 Å². The van der Waals surface area contributed by atoms with Gasteiger partial charge in [-0.05, 0) is 43.7 Å². The van der Waals surface area contributed by atoms with Crippen LogP contribution in [0.15, 0.2) is 35.2 Å².